The number of likely N-dealkylation sites (tertiary alicyclic amines) is 1. The average Bonchev–Trinajstić information content (AvgIpc) is 3.12. The van der Waals surface area contributed by atoms with E-state index in [1.165, 1.54) is 5.56 Å². The van der Waals surface area contributed by atoms with Crippen molar-refractivity contribution in [3.05, 3.63) is 89.0 Å². The largest absolute Gasteiger partial charge is 0.496 e. The number of piperidine rings is 1. The predicted octanol–water partition coefficient (Wildman–Crippen LogP) is 6.95. The molecule has 2 heterocycles. The number of primary amides is 1. The van der Waals surface area contributed by atoms with Crippen molar-refractivity contribution in [3.63, 3.8) is 0 Å². The molecule has 0 radical (unpaired) electrons. The highest BCUT2D eigenvalue weighted by molar-refractivity contribution is 5.71. The van der Waals surface area contributed by atoms with Crippen molar-refractivity contribution in [2.45, 2.75) is 83.2 Å². The minimum Gasteiger partial charge on any atom is -0.496 e. The summed E-state index contributed by atoms with van der Waals surface area (Å²) in [5.74, 6) is 1.62. The molecule has 0 bridgehead atoms. The van der Waals surface area contributed by atoms with Gasteiger partial charge in [0.15, 0.2) is 0 Å². The number of methoxy groups -OCH3 is 1. The number of ether oxygens (including phenoxy) is 5. The minimum atomic E-state index is -0.610. The van der Waals surface area contributed by atoms with Gasteiger partial charge in [-0.1, -0.05) is 42.5 Å². The van der Waals surface area contributed by atoms with Gasteiger partial charge in [0.2, 0.25) is 0 Å². The number of nitrogens with one attached hydrogen (secondary N) is 2. The van der Waals surface area contributed by atoms with E-state index in [4.69, 9.17) is 29.4 Å². The van der Waals surface area contributed by atoms with Crippen molar-refractivity contribution in [1.29, 1.82) is 0 Å². The maximum absolute atomic E-state index is 13.2. The Morgan fingerprint density at radius 2 is 1.86 bits per heavy atom. The molecule has 0 saturated carbocycles. The summed E-state index contributed by atoms with van der Waals surface area (Å²) in [7, 11) is 1.66. The molecule has 11 nitrogen and oxygen atoms in total. The van der Waals surface area contributed by atoms with Crippen LogP contribution in [0.5, 0.6) is 11.5 Å². The van der Waals surface area contributed by atoms with Gasteiger partial charge in [-0.2, -0.15) is 0 Å². The number of para-hydroxylation sites is 1. The standard InChI is InChI=1S/C40H54N4O7/c1-40(2,3)51-39(46)44-22-19-33(28-14-16-32(17-15-28)49-24-8-23-48-27-31-9-5-6-11-35(31)47-4)37(26-44)50-36(18-21-43-38(41)45)30-13-12-29-10-7-20-42-34(29)25-30/h5-6,9,11-17,25,33,36-37,42H,7-8,10,18-24,26-27H2,1-4H3,(H3,41,43,45)/t33-,36?,37+/m1/s1. The number of rotatable bonds is 15. The third-order valence-corrected chi connectivity index (χ3v) is 9.16. The van der Waals surface area contributed by atoms with Crippen LogP contribution in [-0.2, 0) is 27.2 Å². The van der Waals surface area contributed by atoms with Crippen LogP contribution >= 0.6 is 0 Å². The molecule has 3 aromatic carbocycles. The van der Waals surface area contributed by atoms with Crippen molar-refractivity contribution < 1.29 is 33.3 Å². The number of carbonyl (C=O) groups is 2. The van der Waals surface area contributed by atoms with E-state index in [0.717, 1.165) is 59.7 Å². The Labute approximate surface area is 302 Å². The number of nitrogens with two attached hydrogens (primary N) is 1. The smallest absolute Gasteiger partial charge is 0.410 e. The van der Waals surface area contributed by atoms with E-state index >= 15 is 0 Å². The summed E-state index contributed by atoms with van der Waals surface area (Å²) in [4.78, 5) is 26.5. The van der Waals surface area contributed by atoms with Gasteiger partial charge in [-0.3, -0.25) is 0 Å². The highest BCUT2D eigenvalue weighted by Gasteiger charge is 2.37. The van der Waals surface area contributed by atoms with Gasteiger partial charge in [0, 0.05) is 43.2 Å². The first-order chi connectivity index (χ1) is 24.6. The van der Waals surface area contributed by atoms with Gasteiger partial charge in [0.05, 0.1) is 45.7 Å². The van der Waals surface area contributed by atoms with Crippen LogP contribution in [-0.4, -0.2) is 75.2 Å². The lowest BCUT2D eigenvalue weighted by atomic mass is 9.86. The fourth-order valence-electron chi connectivity index (χ4n) is 6.62. The lowest BCUT2D eigenvalue weighted by Crippen LogP contribution is -2.48. The summed E-state index contributed by atoms with van der Waals surface area (Å²) >= 11 is 0. The molecule has 1 unspecified atom stereocenters. The van der Waals surface area contributed by atoms with Crippen LogP contribution in [0.1, 0.15) is 80.7 Å². The number of hydrogen-bond donors (Lipinski definition) is 3. The number of anilines is 1. The highest BCUT2D eigenvalue weighted by Crippen LogP contribution is 2.37. The van der Waals surface area contributed by atoms with E-state index in [-0.39, 0.29) is 24.2 Å². The molecule has 3 atom stereocenters. The van der Waals surface area contributed by atoms with E-state index in [1.54, 1.807) is 12.0 Å². The molecule has 276 valence electrons. The van der Waals surface area contributed by atoms with E-state index in [2.05, 4.69) is 41.0 Å². The number of amides is 3. The molecular formula is C40H54N4O7. The van der Waals surface area contributed by atoms with E-state index in [1.807, 2.05) is 57.2 Å². The summed E-state index contributed by atoms with van der Waals surface area (Å²) in [5, 5.41) is 6.24. The maximum atomic E-state index is 13.2. The molecule has 5 rings (SSSR count). The lowest BCUT2D eigenvalue weighted by Gasteiger charge is -2.40. The van der Waals surface area contributed by atoms with E-state index < -0.39 is 11.6 Å². The van der Waals surface area contributed by atoms with Crippen molar-refractivity contribution >= 4 is 17.8 Å². The molecule has 0 spiro atoms. The first kappa shape index (κ1) is 37.8. The molecule has 1 fully saturated rings. The average molecular weight is 703 g/mol. The zero-order chi connectivity index (χ0) is 36.2. The molecule has 51 heavy (non-hydrogen) atoms. The maximum Gasteiger partial charge on any atom is 0.410 e. The third-order valence-electron chi connectivity index (χ3n) is 9.16. The molecule has 0 aromatic heterocycles. The minimum absolute atomic E-state index is 0.0171. The molecule has 1 saturated heterocycles. The fourth-order valence-corrected chi connectivity index (χ4v) is 6.62. The van der Waals surface area contributed by atoms with Crippen LogP contribution in [0.2, 0.25) is 0 Å². The Bertz CT molecular complexity index is 1580. The number of carbonyl (C=O) groups excluding carboxylic acids is 2. The Hall–Kier alpha value is -4.48. The second kappa shape index (κ2) is 18.1. The summed E-state index contributed by atoms with van der Waals surface area (Å²) in [6.07, 6.45) is 3.08. The lowest BCUT2D eigenvalue weighted by molar-refractivity contribution is -0.0671. The van der Waals surface area contributed by atoms with Crippen LogP contribution < -0.4 is 25.8 Å². The monoisotopic (exact) mass is 702 g/mol. The summed E-state index contributed by atoms with van der Waals surface area (Å²) in [6.45, 7) is 9.40. The first-order valence-electron chi connectivity index (χ1n) is 18.1. The Kier molecular flexibility index (Phi) is 13.4. The van der Waals surface area contributed by atoms with Gasteiger partial charge in [0.25, 0.3) is 0 Å². The SMILES string of the molecule is COc1ccccc1COCCCOc1ccc([C@H]2CCN(C(=O)OC(C)(C)C)C[C@@H]2OC(CCNC(N)=O)c2ccc3c(c2)NCCC3)cc1. The van der Waals surface area contributed by atoms with Crippen molar-refractivity contribution in [3.8, 4) is 11.5 Å². The van der Waals surface area contributed by atoms with Gasteiger partial charge in [0.1, 0.15) is 17.1 Å². The van der Waals surface area contributed by atoms with Gasteiger partial charge >= 0.3 is 12.1 Å². The quantitative estimate of drug-likeness (QED) is 0.145. The summed E-state index contributed by atoms with van der Waals surface area (Å²) in [6, 6.07) is 21.9. The molecule has 2 aliphatic rings. The van der Waals surface area contributed by atoms with Gasteiger partial charge in [-0.05, 0) is 87.4 Å². The highest BCUT2D eigenvalue weighted by atomic mass is 16.6. The van der Waals surface area contributed by atoms with E-state index in [9.17, 15) is 9.59 Å². The van der Waals surface area contributed by atoms with E-state index in [0.29, 0.717) is 52.3 Å². The second-order valence-electron chi connectivity index (χ2n) is 14.1. The zero-order valence-corrected chi connectivity index (χ0v) is 30.5. The number of aryl methyl sites for hydroxylation is 1. The van der Waals surface area contributed by atoms with Gasteiger partial charge in [-0.25, -0.2) is 9.59 Å². The number of urea groups is 1. The number of nitrogens with zero attached hydrogens (tertiary/aromatic N) is 1. The Morgan fingerprint density at radius 3 is 2.63 bits per heavy atom. The van der Waals surface area contributed by atoms with Crippen LogP contribution in [0.3, 0.4) is 0 Å². The molecule has 4 N–H and O–H groups in total. The van der Waals surface area contributed by atoms with Gasteiger partial charge < -0.3 is 45.0 Å². The molecule has 3 amide bonds. The van der Waals surface area contributed by atoms with Crippen molar-refractivity contribution in [2.24, 2.45) is 5.73 Å². The number of benzene rings is 3. The van der Waals surface area contributed by atoms with Crippen molar-refractivity contribution in [2.75, 3.05) is 51.8 Å². The van der Waals surface area contributed by atoms with Crippen LogP contribution in [0, 0.1) is 0 Å². The topological polar surface area (TPSA) is 134 Å². The Balaban J connectivity index is 1.26. The normalized spacial score (nSPS) is 17.8. The van der Waals surface area contributed by atoms with Gasteiger partial charge in [-0.15, -0.1) is 0 Å². The molecule has 0 aliphatic carbocycles. The van der Waals surface area contributed by atoms with Crippen LogP contribution in [0.4, 0.5) is 15.3 Å². The molecule has 3 aromatic rings. The number of hydrogen-bond acceptors (Lipinski definition) is 8. The Morgan fingerprint density at radius 1 is 1.06 bits per heavy atom. The van der Waals surface area contributed by atoms with Crippen molar-refractivity contribution in [1.82, 2.24) is 10.2 Å². The molecular weight excluding hydrogens is 648 g/mol. The first-order valence-corrected chi connectivity index (χ1v) is 18.1. The fraction of sp³-hybridized carbons (Fsp3) is 0.500. The molecule has 2 aliphatic heterocycles. The summed E-state index contributed by atoms with van der Waals surface area (Å²) in [5.41, 5.74) is 10.3. The predicted molar refractivity (Wildman–Crippen MR) is 197 cm³/mol. The third kappa shape index (κ3) is 11.3. The second-order valence-corrected chi connectivity index (χ2v) is 14.1. The van der Waals surface area contributed by atoms with Crippen LogP contribution in [0.15, 0.2) is 66.7 Å². The molecule has 11 heteroatoms. The zero-order valence-electron chi connectivity index (χ0n) is 30.5. The van der Waals surface area contributed by atoms with Crippen LogP contribution in [0.25, 0.3) is 0 Å². The summed E-state index contributed by atoms with van der Waals surface area (Å²) < 4.78 is 30.0. The number of fused-ring (bicyclic) bond motifs is 1.